The van der Waals surface area contributed by atoms with Gasteiger partial charge in [0, 0.05) is 20.0 Å². The van der Waals surface area contributed by atoms with Crippen molar-refractivity contribution in [3.63, 3.8) is 0 Å². The molecule has 0 spiro atoms. The van der Waals surface area contributed by atoms with Crippen LogP contribution in [0.5, 0.6) is 0 Å². The molecule has 6 nitrogen and oxygen atoms in total. The smallest absolute Gasteiger partial charge is 0.240 e. The van der Waals surface area contributed by atoms with Crippen LogP contribution in [0.15, 0.2) is 28.8 Å². The molecular weight excluding hydrogens is 304 g/mol. The summed E-state index contributed by atoms with van der Waals surface area (Å²) in [6, 6.07) is 8.05. The highest BCUT2D eigenvalue weighted by molar-refractivity contribution is 5.82. The Morgan fingerprint density at radius 3 is 2.92 bits per heavy atom. The van der Waals surface area contributed by atoms with Gasteiger partial charge >= 0.3 is 0 Å². The minimum absolute atomic E-state index is 0.0234. The van der Waals surface area contributed by atoms with Gasteiger partial charge in [0.05, 0.1) is 12.6 Å². The van der Waals surface area contributed by atoms with E-state index >= 15 is 0 Å². The molecule has 2 aromatic rings. The standard InChI is InChI=1S/C18H24N4O2/c1-3-4-9-16-20-17(24-21-16)12-22-11-14-8-6-5-7-13(14)10-15(22)18(23)19-2/h5-8,15H,3-4,9-12H2,1-2H3,(H,19,23)/t15-/m1/s1. The van der Waals surface area contributed by atoms with Crippen LogP contribution in [0, 0.1) is 0 Å². The van der Waals surface area contributed by atoms with E-state index in [4.69, 9.17) is 4.52 Å². The van der Waals surface area contributed by atoms with Crippen LogP contribution in [0.2, 0.25) is 0 Å². The van der Waals surface area contributed by atoms with Crippen molar-refractivity contribution >= 4 is 5.91 Å². The second-order valence-electron chi connectivity index (χ2n) is 6.22. The molecule has 0 bridgehead atoms. The average molecular weight is 328 g/mol. The maximum atomic E-state index is 12.3. The first kappa shape index (κ1) is 16.6. The fourth-order valence-electron chi connectivity index (χ4n) is 3.13. The Bertz CT molecular complexity index is 698. The van der Waals surface area contributed by atoms with Gasteiger partial charge in [0.1, 0.15) is 0 Å². The Hall–Kier alpha value is -2.21. The highest BCUT2D eigenvalue weighted by atomic mass is 16.5. The summed E-state index contributed by atoms with van der Waals surface area (Å²) >= 11 is 0. The second kappa shape index (κ2) is 7.57. The molecule has 1 N–H and O–H groups in total. The van der Waals surface area contributed by atoms with Crippen molar-refractivity contribution in [3.8, 4) is 0 Å². The van der Waals surface area contributed by atoms with Crippen LogP contribution in [0.3, 0.4) is 0 Å². The number of nitrogens with zero attached hydrogens (tertiary/aromatic N) is 3. The van der Waals surface area contributed by atoms with Crippen molar-refractivity contribution in [2.75, 3.05) is 7.05 Å². The molecule has 1 amide bonds. The predicted octanol–water partition coefficient (Wildman–Crippen LogP) is 2.09. The number of hydrogen-bond acceptors (Lipinski definition) is 5. The third-order valence-electron chi connectivity index (χ3n) is 4.50. The van der Waals surface area contributed by atoms with Gasteiger partial charge in [0.15, 0.2) is 5.82 Å². The molecule has 0 saturated heterocycles. The van der Waals surface area contributed by atoms with E-state index in [1.54, 1.807) is 7.05 Å². The van der Waals surface area contributed by atoms with E-state index in [2.05, 4.69) is 39.4 Å². The summed E-state index contributed by atoms with van der Waals surface area (Å²) in [6.45, 7) is 3.34. The van der Waals surface area contributed by atoms with Crippen LogP contribution in [-0.2, 0) is 30.7 Å². The van der Waals surface area contributed by atoms with Crippen LogP contribution in [0.1, 0.15) is 42.6 Å². The van der Waals surface area contributed by atoms with Gasteiger partial charge in [-0.25, -0.2) is 0 Å². The SMILES string of the molecule is CCCCc1noc(CN2Cc3ccccc3C[C@@H]2C(=O)NC)n1. The number of fused-ring (bicyclic) bond motifs is 1. The first-order valence-electron chi connectivity index (χ1n) is 8.55. The van der Waals surface area contributed by atoms with E-state index in [1.165, 1.54) is 11.1 Å². The number of unbranched alkanes of at least 4 members (excludes halogenated alkanes) is 1. The number of nitrogens with one attached hydrogen (secondary N) is 1. The average Bonchev–Trinajstić information content (AvgIpc) is 3.06. The largest absolute Gasteiger partial charge is 0.358 e. The van der Waals surface area contributed by atoms with Gasteiger partial charge in [-0.05, 0) is 24.0 Å². The van der Waals surface area contributed by atoms with Gasteiger partial charge in [-0.15, -0.1) is 0 Å². The number of benzene rings is 1. The van der Waals surface area contributed by atoms with Gasteiger partial charge in [-0.1, -0.05) is 42.8 Å². The minimum atomic E-state index is -0.212. The Balaban J connectivity index is 1.76. The molecule has 2 heterocycles. The lowest BCUT2D eigenvalue weighted by Crippen LogP contribution is -2.49. The van der Waals surface area contributed by atoms with Crippen LogP contribution in [0.4, 0.5) is 0 Å². The molecule has 1 aliphatic heterocycles. The van der Waals surface area contributed by atoms with Crippen LogP contribution >= 0.6 is 0 Å². The predicted molar refractivity (Wildman–Crippen MR) is 90.2 cm³/mol. The Morgan fingerprint density at radius 2 is 2.17 bits per heavy atom. The molecule has 1 aliphatic rings. The summed E-state index contributed by atoms with van der Waals surface area (Å²) < 4.78 is 5.38. The van der Waals surface area contributed by atoms with E-state index < -0.39 is 0 Å². The molecule has 0 radical (unpaired) electrons. The normalized spacial score (nSPS) is 17.5. The molecule has 3 rings (SSSR count). The number of hydrogen-bond donors (Lipinski definition) is 1. The molecular formula is C18H24N4O2. The van der Waals surface area contributed by atoms with Gasteiger partial charge in [0.2, 0.25) is 11.8 Å². The number of rotatable bonds is 6. The highest BCUT2D eigenvalue weighted by Crippen LogP contribution is 2.24. The lowest BCUT2D eigenvalue weighted by molar-refractivity contribution is -0.126. The van der Waals surface area contributed by atoms with Crippen LogP contribution in [-0.4, -0.2) is 34.0 Å². The number of carbonyl (C=O) groups excluding carboxylic acids is 1. The summed E-state index contributed by atoms with van der Waals surface area (Å²) in [6.07, 6.45) is 3.69. The highest BCUT2D eigenvalue weighted by Gasteiger charge is 2.31. The number of carbonyl (C=O) groups is 1. The molecule has 1 aromatic heterocycles. The van der Waals surface area contributed by atoms with E-state index in [0.29, 0.717) is 25.4 Å². The summed E-state index contributed by atoms with van der Waals surface area (Å²) in [4.78, 5) is 18.9. The maximum absolute atomic E-state index is 12.3. The zero-order valence-electron chi connectivity index (χ0n) is 14.3. The van der Waals surface area contributed by atoms with E-state index in [-0.39, 0.29) is 11.9 Å². The number of amides is 1. The van der Waals surface area contributed by atoms with Crippen molar-refractivity contribution in [3.05, 3.63) is 47.1 Å². The minimum Gasteiger partial charge on any atom is -0.358 e. The lowest BCUT2D eigenvalue weighted by atomic mass is 9.93. The Morgan fingerprint density at radius 1 is 1.38 bits per heavy atom. The lowest BCUT2D eigenvalue weighted by Gasteiger charge is -2.34. The van der Waals surface area contributed by atoms with E-state index in [9.17, 15) is 4.79 Å². The van der Waals surface area contributed by atoms with Gasteiger partial charge < -0.3 is 9.84 Å². The molecule has 0 unspecified atom stereocenters. The first-order chi connectivity index (χ1) is 11.7. The summed E-state index contributed by atoms with van der Waals surface area (Å²) in [5.74, 6) is 1.35. The molecule has 6 heteroatoms. The van der Waals surface area contributed by atoms with Crippen molar-refractivity contribution in [2.45, 2.75) is 51.7 Å². The zero-order chi connectivity index (χ0) is 16.9. The van der Waals surface area contributed by atoms with Gasteiger partial charge in [-0.3, -0.25) is 9.69 Å². The first-order valence-corrected chi connectivity index (χ1v) is 8.55. The van der Waals surface area contributed by atoms with Gasteiger partial charge in [-0.2, -0.15) is 4.98 Å². The van der Waals surface area contributed by atoms with Crippen LogP contribution < -0.4 is 5.32 Å². The molecule has 1 atom stereocenters. The molecule has 1 aromatic carbocycles. The molecule has 0 fully saturated rings. The van der Waals surface area contributed by atoms with Crippen molar-refractivity contribution in [1.82, 2.24) is 20.4 Å². The van der Waals surface area contributed by atoms with Gasteiger partial charge in [0.25, 0.3) is 0 Å². The number of aryl methyl sites for hydroxylation is 1. The second-order valence-corrected chi connectivity index (χ2v) is 6.22. The monoisotopic (exact) mass is 328 g/mol. The third kappa shape index (κ3) is 3.64. The van der Waals surface area contributed by atoms with Crippen molar-refractivity contribution < 1.29 is 9.32 Å². The van der Waals surface area contributed by atoms with E-state index in [0.717, 1.165) is 25.1 Å². The Kier molecular flexibility index (Phi) is 5.25. The molecule has 0 saturated carbocycles. The van der Waals surface area contributed by atoms with Crippen LogP contribution in [0.25, 0.3) is 0 Å². The van der Waals surface area contributed by atoms with E-state index in [1.807, 2.05) is 12.1 Å². The summed E-state index contributed by atoms with van der Waals surface area (Å²) in [5.41, 5.74) is 2.49. The van der Waals surface area contributed by atoms with Crippen molar-refractivity contribution in [1.29, 1.82) is 0 Å². The molecule has 128 valence electrons. The number of likely N-dealkylation sites (N-methyl/N-ethyl adjacent to an activating group) is 1. The Labute approximate surface area is 142 Å². The summed E-state index contributed by atoms with van der Waals surface area (Å²) in [5, 5.41) is 6.81. The maximum Gasteiger partial charge on any atom is 0.240 e. The summed E-state index contributed by atoms with van der Waals surface area (Å²) in [7, 11) is 1.68. The number of aromatic nitrogens is 2. The van der Waals surface area contributed by atoms with Crippen molar-refractivity contribution in [2.24, 2.45) is 0 Å². The fraction of sp³-hybridized carbons (Fsp3) is 0.500. The molecule has 0 aliphatic carbocycles. The zero-order valence-corrected chi connectivity index (χ0v) is 14.3. The fourth-order valence-corrected chi connectivity index (χ4v) is 3.13. The quantitative estimate of drug-likeness (QED) is 0.879. The topological polar surface area (TPSA) is 71.3 Å². The molecule has 24 heavy (non-hydrogen) atoms. The third-order valence-corrected chi connectivity index (χ3v) is 4.50.